The van der Waals surface area contributed by atoms with E-state index in [2.05, 4.69) is 5.32 Å². The van der Waals surface area contributed by atoms with Gasteiger partial charge in [0, 0.05) is 18.8 Å². The third-order valence-electron chi connectivity index (χ3n) is 2.26. The molecule has 0 bridgehead atoms. The molecule has 1 N–H and O–H groups in total. The number of alkyl halides is 3. The van der Waals surface area contributed by atoms with Crippen LogP contribution in [0, 0.1) is 11.3 Å². The first-order valence-electron chi connectivity index (χ1n) is 5.44. The van der Waals surface area contributed by atoms with E-state index in [9.17, 15) is 13.2 Å². The molecule has 1 aromatic rings. The lowest BCUT2D eigenvalue weighted by molar-refractivity contribution is -0.0327. The number of benzene rings is 1. The Morgan fingerprint density at radius 2 is 2.16 bits per heavy atom. The number of thioether (sulfide) groups is 1. The summed E-state index contributed by atoms with van der Waals surface area (Å²) in [5.41, 5.74) is -2.95. The highest BCUT2D eigenvalue weighted by Gasteiger charge is 2.27. The molecule has 0 spiro atoms. The topological polar surface area (TPSA) is 45.0 Å². The van der Waals surface area contributed by atoms with E-state index < -0.39 is 5.51 Å². The summed E-state index contributed by atoms with van der Waals surface area (Å²) >= 11 is -0.0524. The van der Waals surface area contributed by atoms with Gasteiger partial charge in [-0.15, -0.1) is 0 Å². The van der Waals surface area contributed by atoms with Crippen LogP contribution in [0.2, 0.25) is 0 Å². The van der Waals surface area contributed by atoms with Crippen molar-refractivity contribution < 1.29 is 17.9 Å². The number of methoxy groups -OCH3 is 1. The smallest absolute Gasteiger partial charge is 0.441 e. The Morgan fingerprint density at radius 1 is 1.42 bits per heavy atom. The van der Waals surface area contributed by atoms with E-state index in [4.69, 9.17) is 10.00 Å². The Labute approximate surface area is 113 Å². The molecule has 1 aromatic carbocycles. The van der Waals surface area contributed by atoms with Crippen LogP contribution >= 0.6 is 11.8 Å². The standard InChI is InChI=1S/C12H13F3N2OS/c1-18-11-3-2-9(6-10(11)7-16)8-17-4-5-19-12(13,14)15/h2-3,6,17H,4-5,8H2,1H3. The monoisotopic (exact) mass is 290 g/mol. The molecule has 0 saturated carbocycles. The quantitative estimate of drug-likeness (QED) is 0.818. The van der Waals surface area contributed by atoms with Crippen molar-refractivity contribution in [3.63, 3.8) is 0 Å². The second-order valence-electron chi connectivity index (χ2n) is 3.62. The summed E-state index contributed by atoms with van der Waals surface area (Å²) in [6.45, 7) is 0.662. The van der Waals surface area contributed by atoms with E-state index in [1.54, 1.807) is 18.2 Å². The van der Waals surface area contributed by atoms with Crippen LogP contribution in [0.1, 0.15) is 11.1 Å². The fraction of sp³-hybridized carbons (Fsp3) is 0.417. The molecule has 0 atom stereocenters. The Kier molecular flexibility index (Phi) is 5.99. The number of nitriles is 1. The first kappa shape index (κ1) is 15.7. The Bertz CT molecular complexity index is 457. The third-order valence-corrected chi connectivity index (χ3v) is 2.99. The molecular formula is C12H13F3N2OS. The van der Waals surface area contributed by atoms with Crippen LogP contribution in [0.25, 0.3) is 0 Å². The summed E-state index contributed by atoms with van der Waals surface area (Å²) in [6.07, 6.45) is 0. The molecule has 104 valence electrons. The van der Waals surface area contributed by atoms with Crippen molar-refractivity contribution in [1.29, 1.82) is 5.26 Å². The summed E-state index contributed by atoms with van der Waals surface area (Å²) < 4.78 is 40.6. The summed E-state index contributed by atoms with van der Waals surface area (Å²) in [5, 5.41) is 11.8. The third kappa shape index (κ3) is 5.85. The van der Waals surface area contributed by atoms with Crippen molar-refractivity contribution in [1.82, 2.24) is 5.32 Å². The molecule has 0 aromatic heterocycles. The first-order chi connectivity index (χ1) is 8.96. The SMILES string of the molecule is COc1ccc(CNCCSC(F)(F)F)cc1C#N. The van der Waals surface area contributed by atoms with Gasteiger partial charge in [0.05, 0.1) is 12.7 Å². The maximum Gasteiger partial charge on any atom is 0.441 e. The molecule has 1 rings (SSSR count). The van der Waals surface area contributed by atoms with E-state index in [0.29, 0.717) is 17.9 Å². The molecule has 0 fully saturated rings. The number of nitrogens with one attached hydrogen (secondary N) is 1. The molecule has 0 aliphatic rings. The van der Waals surface area contributed by atoms with Gasteiger partial charge < -0.3 is 10.1 Å². The molecule has 0 amide bonds. The average Bonchev–Trinajstić information content (AvgIpc) is 2.36. The van der Waals surface area contributed by atoms with Gasteiger partial charge in [-0.1, -0.05) is 6.07 Å². The lowest BCUT2D eigenvalue weighted by Crippen LogP contribution is -2.18. The lowest BCUT2D eigenvalue weighted by atomic mass is 10.1. The number of hydrogen-bond donors (Lipinski definition) is 1. The number of halogens is 3. The maximum absolute atomic E-state index is 11.9. The minimum Gasteiger partial charge on any atom is -0.495 e. The summed E-state index contributed by atoms with van der Waals surface area (Å²) in [5.74, 6) is 0.448. The van der Waals surface area contributed by atoms with E-state index >= 15 is 0 Å². The number of ether oxygens (including phenoxy) is 1. The van der Waals surface area contributed by atoms with Crippen LogP contribution in [0.15, 0.2) is 18.2 Å². The van der Waals surface area contributed by atoms with Crippen LogP contribution < -0.4 is 10.1 Å². The molecule has 7 heteroatoms. The van der Waals surface area contributed by atoms with E-state index in [1.165, 1.54) is 7.11 Å². The largest absolute Gasteiger partial charge is 0.495 e. The van der Waals surface area contributed by atoms with Gasteiger partial charge in [-0.3, -0.25) is 0 Å². The van der Waals surface area contributed by atoms with Crippen molar-refractivity contribution in [3.05, 3.63) is 29.3 Å². The Balaban J connectivity index is 2.40. The highest BCUT2D eigenvalue weighted by atomic mass is 32.2. The molecule has 0 unspecified atom stereocenters. The minimum atomic E-state index is -4.18. The second kappa shape index (κ2) is 7.26. The van der Waals surface area contributed by atoms with Gasteiger partial charge in [0.25, 0.3) is 0 Å². The zero-order valence-electron chi connectivity index (χ0n) is 10.3. The van der Waals surface area contributed by atoms with Gasteiger partial charge in [0.1, 0.15) is 11.8 Å². The van der Waals surface area contributed by atoms with Gasteiger partial charge in [-0.05, 0) is 29.5 Å². The van der Waals surface area contributed by atoms with E-state index in [-0.39, 0.29) is 24.1 Å². The summed E-state index contributed by atoms with van der Waals surface area (Å²) in [4.78, 5) is 0. The fourth-order valence-electron chi connectivity index (χ4n) is 1.42. The minimum absolute atomic E-state index is 0.0369. The Hall–Kier alpha value is -1.39. The summed E-state index contributed by atoms with van der Waals surface area (Å²) in [7, 11) is 1.47. The van der Waals surface area contributed by atoms with Crippen LogP contribution in [0.5, 0.6) is 5.75 Å². The van der Waals surface area contributed by atoms with Crippen LogP contribution in [-0.4, -0.2) is 24.9 Å². The van der Waals surface area contributed by atoms with Gasteiger partial charge >= 0.3 is 5.51 Å². The van der Waals surface area contributed by atoms with Crippen molar-refractivity contribution in [2.75, 3.05) is 19.4 Å². The molecule has 0 aliphatic carbocycles. The van der Waals surface area contributed by atoms with Crippen molar-refractivity contribution in [3.8, 4) is 11.8 Å². The zero-order valence-corrected chi connectivity index (χ0v) is 11.1. The lowest BCUT2D eigenvalue weighted by Gasteiger charge is -2.08. The second-order valence-corrected chi connectivity index (χ2v) is 4.78. The first-order valence-corrected chi connectivity index (χ1v) is 6.43. The highest BCUT2D eigenvalue weighted by molar-refractivity contribution is 8.00. The van der Waals surface area contributed by atoms with Crippen LogP contribution in [0.4, 0.5) is 13.2 Å². The predicted molar refractivity (Wildman–Crippen MR) is 67.9 cm³/mol. The van der Waals surface area contributed by atoms with Gasteiger partial charge in [0.15, 0.2) is 0 Å². The van der Waals surface area contributed by atoms with Gasteiger partial charge in [0.2, 0.25) is 0 Å². The van der Waals surface area contributed by atoms with Crippen LogP contribution in [-0.2, 0) is 6.54 Å². The summed E-state index contributed by atoms with van der Waals surface area (Å²) in [6, 6.07) is 7.09. The number of nitrogens with zero attached hydrogens (tertiary/aromatic N) is 1. The van der Waals surface area contributed by atoms with Crippen LogP contribution in [0.3, 0.4) is 0 Å². The molecular weight excluding hydrogens is 277 g/mol. The van der Waals surface area contributed by atoms with Crippen molar-refractivity contribution in [2.45, 2.75) is 12.1 Å². The molecule has 19 heavy (non-hydrogen) atoms. The number of rotatable bonds is 6. The van der Waals surface area contributed by atoms with Crippen molar-refractivity contribution in [2.24, 2.45) is 0 Å². The zero-order chi connectivity index (χ0) is 14.3. The number of hydrogen-bond acceptors (Lipinski definition) is 4. The average molecular weight is 290 g/mol. The molecule has 3 nitrogen and oxygen atoms in total. The molecule has 0 saturated heterocycles. The fourth-order valence-corrected chi connectivity index (χ4v) is 1.90. The maximum atomic E-state index is 11.9. The van der Waals surface area contributed by atoms with Gasteiger partial charge in [-0.2, -0.15) is 18.4 Å². The van der Waals surface area contributed by atoms with Crippen molar-refractivity contribution >= 4 is 11.8 Å². The Morgan fingerprint density at radius 3 is 2.74 bits per heavy atom. The van der Waals surface area contributed by atoms with Gasteiger partial charge in [-0.25, -0.2) is 0 Å². The molecule has 0 radical (unpaired) electrons. The highest BCUT2D eigenvalue weighted by Crippen LogP contribution is 2.29. The normalized spacial score (nSPS) is 11.1. The molecule has 0 aliphatic heterocycles. The van der Waals surface area contributed by atoms with E-state index in [0.717, 1.165) is 5.56 Å². The predicted octanol–water partition coefficient (Wildman–Crippen LogP) is 2.91. The van der Waals surface area contributed by atoms with E-state index in [1.807, 2.05) is 6.07 Å². The molecule has 0 heterocycles.